The maximum atomic E-state index is 4.31. The van der Waals surface area contributed by atoms with Crippen LogP contribution in [0.5, 0.6) is 0 Å². The number of thiazole rings is 1. The van der Waals surface area contributed by atoms with Crippen molar-refractivity contribution in [3.63, 3.8) is 0 Å². The van der Waals surface area contributed by atoms with Gasteiger partial charge in [0.15, 0.2) is 0 Å². The summed E-state index contributed by atoms with van der Waals surface area (Å²) in [5.74, 6) is 0.750. The number of rotatable bonds is 3. The van der Waals surface area contributed by atoms with Crippen LogP contribution in [0.15, 0.2) is 6.20 Å². The van der Waals surface area contributed by atoms with Gasteiger partial charge in [-0.25, -0.2) is 4.98 Å². The molecule has 1 aromatic rings. The third-order valence-electron chi connectivity index (χ3n) is 1.51. The molecule has 0 aliphatic carbocycles. The fraction of sp³-hybridized carbons (Fsp3) is 0.667. The molecule has 62 valence electrons. The predicted octanol–water partition coefficient (Wildman–Crippen LogP) is 2.90. The molecule has 11 heavy (non-hydrogen) atoms. The molecule has 0 saturated carbocycles. The smallest absolute Gasteiger partial charge is 0.0924 e. The highest BCUT2D eigenvalue weighted by molar-refractivity contribution is 7.11. The molecule has 0 amide bonds. The molecule has 1 nitrogen and oxygen atoms in total. The molecule has 0 fully saturated rings. The lowest BCUT2D eigenvalue weighted by Crippen LogP contribution is -1.89. The van der Waals surface area contributed by atoms with Gasteiger partial charge in [-0.2, -0.15) is 0 Å². The van der Waals surface area contributed by atoms with E-state index in [0.29, 0.717) is 0 Å². The first-order valence-corrected chi connectivity index (χ1v) is 4.97. The lowest BCUT2D eigenvalue weighted by atomic mass is 10.1. The fourth-order valence-electron chi connectivity index (χ4n) is 1.01. The van der Waals surface area contributed by atoms with Gasteiger partial charge in [0.1, 0.15) is 0 Å². The summed E-state index contributed by atoms with van der Waals surface area (Å²) in [5.41, 5.74) is 0. The first-order chi connectivity index (χ1) is 5.22. The van der Waals surface area contributed by atoms with Crippen molar-refractivity contribution in [1.82, 2.24) is 4.98 Å². The summed E-state index contributed by atoms with van der Waals surface area (Å²) >= 11 is 1.85. The molecule has 0 aliphatic rings. The van der Waals surface area contributed by atoms with Crippen molar-refractivity contribution >= 4 is 11.3 Å². The Morgan fingerprint density at radius 3 is 2.73 bits per heavy atom. The van der Waals surface area contributed by atoms with E-state index in [4.69, 9.17) is 0 Å². The Morgan fingerprint density at radius 2 is 2.27 bits per heavy atom. The molecule has 0 saturated heterocycles. The van der Waals surface area contributed by atoms with E-state index in [2.05, 4.69) is 25.8 Å². The molecule has 0 atom stereocenters. The first kappa shape index (κ1) is 8.72. The van der Waals surface area contributed by atoms with Crippen molar-refractivity contribution in [3.8, 4) is 0 Å². The van der Waals surface area contributed by atoms with Crippen LogP contribution >= 0.6 is 11.3 Å². The highest BCUT2D eigenvalue weighted by Gasteiger charge is 2.01. The van der Waals surface area contributed by atoms with Crippen LogP contribution in [0.4, 0.5) is 0 Å². The Kier molecular flexibility index (Phi) is 3.06. The van der Waals surface area contributed by atoms with Crippen LogP contribution in [-0.4, -0.2) is 4.98 Å². The Morgan fingerprint density at radius 1 is 1.55 bits per heavy atom. The summed E-state index contributed by atoms with van der Waals surface area (Å²) in [6.07, 6.45) is 4.27. The summed E-state index contributed by atoms with van der Waals surface area (Å²) in [4.78, 5) is 5.73. The maximum absolute atomic E-state index is 4.31. The third-order valence-corrected chi connectivity index (χ3v) is 2.68. The van der Waals surface area contributed by atoms with Crippen molar-refractivity contribution in [3.05, 3.63) is 16.1 Å². The molecule has 1 rings (SSSR count). The van der Waals surface area contributed by atoms with Gasteiger partial charge in [-0.05, 0) is 18.8 Å². The van der Waals surface area contributed by atoms with Gasteiger partial charge in [-0.15, -0.1) is 11.3 Å². The zero-order chi connectivity index (χ0) is 8.27. The minimum atomic E-state index is 0.750. The van der Waals surface area contributed by atoms with E-state index in [9.17, 15) is 0 Å². The molecule has 0 unspecified atom stereocenters. The zero-order valence-electron chi connectivity index (χ0n) is 7.42. The molecule has 0 radical (unpaired) electrons. The number of hydrogen-bond acceptors (Lipinski definition) is 2. The monoisotopic (exact) mass is 169 g/mol. The van der Waals surface area contributed by atoms with Gasteiger partial charge in [0, 0.05) is 11.1 Å². The van der Waals surface area contributed by atoms with Crippen molar-refractivity contribution in [1.29, 1.82) is 0 Å². The third kappa shape index (κ3) is 2.62. The molecule has 0 bridgehead atoms. The van der Waals surface area contributed by atoms with E-state index in [1.54, 1.807) is 0 Å². The molecule has 0 N–H and O–H groups in total. The van der Waals surface area contributed by atoms with Crippen LogP contribution in [0, 0.1) is 5.92 Å². The van der Waals surface area contributed by atoms with Crippen LogP contribution in [0.3, 0.4) is 0 Å². The second kappa shape index (κ2) is 3.86. The molecule has 1 heterocycles. The van der Waals surface area contributed by atoms with Crippen LogP contribution in [0.1, 0.15) is 30.7 Å². The zero-order valence-corrected chi connectivity index (χ0v) is 8.24. The van der Waals surface area contributed by atoms with Crippen molar-refractivity contribution < 1.29 is 0 Å². The van der Waals surface area contributed by atoms with E-state index in [1.165, 1.54) is 16.3 Å². The van der Waals surface area contributed by atoms with Crippen molar-refractivity contribution in [2.45, 2.75) is 33.6 Å². The average molecular weight is 169 g/mol. The second-order valence-corrected chi connectivity index (χ2v) is 4.37. The van der Waals surface area contributed by atoms with E-state index < -0.39 is 0 Å². The lowest BCUT2D eigenvalue weighted by Gasteiger charge is -1.98. The summed E-state index contributed by atoms with van der Waals surface area (Å²) in [6.45, 7) is 6.63. The summed E-state index contributed by atoms with van der Waals surface area (Å²) in [6, 6.07) is 0. The average Bonchev–Trinajstić information content (AvgIpc) is 2.34. The topological polar surface area (TPSA) is 12.9 Å². The number of aryl methyl sites for hydroxylation is 1. The van der Waals surface area contributed by atoms with Crippen LogP contribution in [0.2, 0.25) is 0 Å². The van der Waals surface area contributed by atoms with Gasteiger partial charge in [-0.1, -0.05) is 20.8 Å². The summed E-state index contributed by atoms with van der Waals surface area (Å²) < 4.78 is 0. The highest BCUT2D eigenvalue weighted by atomic mass is 32.1. The summed E-state index contributed by atoms with van der Waals surface area (Å²) in [7, 11) is 0. The standard InChI is InChI=1S/C9H15NS/c1-4-9-10-6-8(11-9)5-7(2)3/h6-7H,4-5H2,1-3H3. The van der Waals surface area contributed by atoms with Crippen molar-refractivity contribution in [2.75, 3.05) is 0 Å². The SMILES string of the molecule is CCc1ncc(CC(C)C)s1. The number of nitrogens with zero attached hydrogens (tertiary/aromatic N) is 1. The molecule has 2 heteroatoms. The highest BCUT2D eigenvalue weighted by Crippen LogP contribution is 2.16. The quantitative estimate of drug-likeness (QED) is 0.678. The molecule has 0 aromatic carbocycles. The van der Waals surface area contributed by atoms with Gasteiger partial charge in [0.05, 0.1) is 5.01 Å². The predicted molar refractivity (Wildman–Crippen MR) is 50.0 cm³/mol. The Bertz CT molecular complexity index is 215. The van der Waals surface area contributed by atoms with Crippen LogP contribution in [-0.2, 0) is 12.8 Å². The van der Waals surface area contributed by atoms with E-state index >= 15 is 0 Å². The van der Waals surface area contributed by atoms with E-state index in [0.717, 1.165) is 12.3 Å². The van der Waals surface area contributed by atoms with Gasteiger partial charge in [-0.3, -0.25) is 0 Å². The lowest BCUT2D eigenvalue weighted by molar-refractivity contribution is 0.653. The van der Waals surface area contributed by atoms with Crippen LogP contribution < -0.4 is 0 Å². The Hall–Kier alpha value is -0.370. The van der Waals surface area contributed by atoms with Gasteiger partial charge in [0.25, 0.3) is 0 Å². The molecule has 0 aliphatic heterocycles. The molecule has 1 aromatic heterocycles. The number of hydrogen-bond donors (Lipinski definition) is 0. The minimum Gasteiger partial charge on any atom is -0.249 e. The molecular weight excluding hydrogens is 154 g/mol. The minimum absolute atomic E-state index is 0.750. The number of aromatic nitrogens is 1. The first-order valence-electron chi connectivity index (χ1n) is 4.16. The van der Waals surface area contributed by atoms with Gasteiger partial charge in [0.2, 0.25) is 0 Å². The van der Waals surface area contributed by atoms with Crippen LogP contribution in [0.25, 0.3) is 0 Å². The Labute approximate surface area is 72.5 Å². The Balaban J connectivity index is 2.58. The molecular formula is C9H15NS. The van der Waals surface area contributed by atoms with Crippen molar-refractivity contribution in [2.24, 2.45) is 5.92 Å². The van der Waals surface area contributed by atoms with E-state index in [1.807, 2.05) is 17.5 Å². The molecule has 0 spiro atoms. The second-order valence-electron chi connectivity index (χ2n) is 3.17. The largest absolute Gasteiger partial charge is 0.249 e. The maximum Gasteiger partial charge on any atom is 0.0924 e. The van der Waals surface area contributed by atoms with Gasteiger partial charge >= 0.3 is 0 Å². The van der Waals surface area contributed by atoms with Gasteiger partial charge < -0.3 is 0 Å². The summed E-state index contributed by atoms with van der Waals surface area (Å²) in [5, 5.41) is 1.26. The normalized spacial score (nSPS) is 10.9. The fourth-order valence-corrected chi connectivity index (χ4v) is 2.08. The van der Waals surface area contributed by atoms with E-state index in [-0.39, 0.29) is 0 Å².